The molecule has 0 aromatic rings. The second-order valence-electron chi connectivity index (χ2n) is 7.65. The Morgan fingerprint density at radius 2 is 1.93 bits per heavy atom. The van der Waals surface area contributed by atoms with E-state index in [1.165, 1.54) is 12.8 Å². The van der Waals surface area contributed by atoms with Gasteiger partial charge < -0.3 is 24.8 Å². The fourth-order valence-corrected chi connectivity index (χ4v) is 4.06. The third kappa shape index (κ3) is 8.23. The number of ether oxygens (including phenoxy) is 3. The number of nitrogens with zero attached hydrogens (tertiary/aromatic N) is 2. The van der Waals surface area contributed by atoms with Gasteiger partial charge in [-0.3, -0.25) is 9.89 Å². The van der Waals surface area contributed by atoms with Gasteiger partial charge in [-0.15, -0.1) is 0 Å². The second-order valence-corrected chi connectivity index (χ2v) is 7.65. The zero-order valence-electron chi connectivity index (χ0n) is 18.3. The third-order valence-electron chi connectivity index (χ3n) is 5.75. The molecule has 0 aromatic carbocycles. The van der Waals surface area contributed by atoms with E-state index in [0.717, 1.165) is 71.3 Å². The summed E-state index contributed by atoms with van der Waals surface area (Å²) >= 11 is 0. The zero-order valence-corrected chi connectivity index (χ0v) is 18.3. The summed E-state index contributed by atoms with van der Waals surface area (Å²) < 4.78 is 16.9. The Hall–Kier alpha value is -0.890. The van der Waals surface area contributed by atoms with E-state index in [4.69, 9.17) is 19.2 Å². The zero-order chi connectivity index (χ0) is 20.0. The highest BCUT2D eigenvalue weighted by Crippen LogP contribution is 2.20. The smallest absolute Gasteiger partial charge is 0.191 e. The fraction of sp³-hybridized carbons (Fsp3) is 0.952. The Kier molecular flexibility index (Phi) is 11.8. The second kappa shape index (κ2) is 14.1. The van der Waals surface area contributed by atoms with Crippen molar-refractivity contribution in [1.82, 2.24) is 15.5 Å². The van der Waals surface area contributed by atoms with E-state index in [2.05, 4.69) is 36.3 Å². The van der Waals surface area contributed by atoms with Gasteiger partial charge in [-0.1, -0.05) is 26.7 Å². The molecule has 2 saturated heterocycles. The van der Waals surface area contributed by atoms with Gasteiger partial charge in [0.1, 0.15) is 0 Å². The average molecular weight is 399 g/mol. The van der Waals surface area contributed by atoms with Crippen molar-refractivity contribution in [3.05, 3.63) is 0 Å². The van der Waals surface area contributed by atoms with Gasteiger partial charge in [0.05, 0.1) is 39.1 Å². The van der Waals surface area contributed by atoms with E-state index in [9.17, 15) is 0 Å². The van der Waals surface area contributed by atoms with Crippen molar-refractivity contribution >= 4 is 5.96 Å². The summed E-state index contributed by atoms with van der Waals surface area (Å²) in [6.07, 6.45) is 4.95. The van der Waals surface area contributed by atoms with Crippen molar-refractivity contribution in [2.75, 3.05) is 65.8 Å². The molecule has 0 amide bonds. The average Bonchev–Trinajstić information content (AvgIpc) is 3.25. The number of nitrogens with one attached hydrogen (secondary N) is 2. The fourth-order valence-electron chi connectivity index (χ4n) is 4.06. The highest BCUT2D eigenvalue weighted by molar-refractivity contribution is 5.79. The first-order valence-electron chi connectivity index (χ1n) is 11.3. The molecule has 0 aromatic heterocycles. The Morgan fingerprint density at radius 1 is 1.14 bits per heavy atom. The van der Waals surface area contributed by atoms with E-state index >= 15 is 0 Å². The Bertz CT molecular complexity index is 420. The van der Waals surface area contributed by atoms with Crippen molar-refractivity contribution in [2.45, 2.75) is 58.6 Å². The highest BCUT2D eigenvalue weighted by atomic mass is 16.5. The van der Waals surface area contributed by atoms with Crippen LogP contribution in [0.4, 0.5) is 0 Å². The molecule has 2 aliphatic rings. The van der Waals surface area contributed by atoms with Gasteiger partial charge >= 0.3 is 0 Å². The summed E-state index contributed by atoms with van der Waals surface area (Å²) in [6.45, 7) is 15.1. The molecule has 2 heterocycles. The molecule has 2 N–H and O–H groups in total. The number of hydrogen-bond donors (Lipinski definition) is 2. The first-order chi connectivity index (χ1) is 13.8. The Balaban J connectivity index is 1.80. The van der Waals surface area contributed by atoms with E-state index in [-0.39, 0.29) is 6.10 Å². The Morgan fingerprint density at radius 3 is 2.57 bits per heavy atom. The van der Waals surface area contributed by atoms with Crippen molar-refractivity contribution in [3.63, 3.8) is 0 Å². The molecule has 0 spiro atoms. The normalized spacial score (nSPS) is 22.6. The summed E-state index contributed by atoms with van der Waals surface area (Å²) in [7, 11) is 0. The van der Waals surface area contributed by atoms with Gasteiger partial charge in [-0.2, -0.15) is 0 Å². The lowest BCUT2D eigenvalue weighted by molar-refractivity contribution is 0.00394. The van der Waals surface area contributed by atoms with Gasteiger partial charge in [0.2, 0.25) is 0 Å². The van der Waals surface area contributed by atoms with Crippen molar-refractivity contribution < 1.29 is 14.2 Å². The molecular weight excluding hydrogens is 356 g/mol. The largest absolute Gasteiger partial charge is 0.379 e. The molecule has 0 bridgehead atoms. The predicted octanol–water partition coefficient (Wildman–Crippen LogP) is 1.87. The molecular formula is C21H42N4O3. The molecule has 2 rings (SSSR count). The van der Waals surface area contributed by atoms with Crippen molar-refractivity contribution in [1.29, 1.82) is 0 Å². The molecule has 7 heteroatoms. The van der Waals surface area contributed by atoms with Crippen LogP contribution < -0.4 is 10.6 Å². The van der Waals surface area contributed by atoms with Crippen LogP contribution in [0.3, 0.4) is 0 Å². The lowest BCUT2D eigenvalue weighted by Crippen LogP contribution is -2.49. The minimum Gasteiger partial charge on any atom is -0.379 e. The van der Waals surface area contributed by atoms with Crippen LogP contribution in [0.15, 0.2) is 4.99 Å². The maximum absolute atomic E-state index is 5.75. The van der Waals surface area contributed by atoms with E-state index in [1.54, 1.807) is 0 Å². The van der Waals surface area contributed by atoms with Crippen molar-refractivity contribution in [3.8, 4) is 0 Å². The molecule has 0 radical (unpaired) electrons. The molecule has 7 nitrogen and oxygen atoms in total. The van der Waals surface area contributed by atoms with Crippen LogP contribution in [-0.2, 0) is 14.2 Å². The first-order valence-corrected chi connectivity index (χ1v) is 11.3. The first kappa shape index (κ1) is 23.4. The van der Waals surface area contributed by atoms with Crippen LogP contribution in [0.5, 0.6) is 0 Å². The third-order valence-corrected chi connectivity index (χ3v) is 5.75. The summed E-state index contributed by atoms with van der Waals surface area (Å²) in [5.41, 5.74) is 0. The lowest BCUT2D eigenvalue weighted by Gasteiger charge is -2.38. The molecule has 164 valence electrons. The van der Waals surface area contributed by atoms with Crippen LogP contribution in [0.2, 0.25) is 0 Å². The molecule has 0 saturated carbocycles. The van der Waals surface area contributed by atoms with Crippen LogP contribution in [0.1, 0.15) is 46.5 Å². The lowest BCUT2D eigenvalue weighted by atomic mass is 9.92. The van der Waals surface area contributed by atoms with Crippen molar-refractivity contribution in [2.24, 2.45) is 10.9 Å². The van der Waals surface area contributed by atoms with Gasteiger partial charge in [-0.05, 0) is 25.7 Å². The topological polar surface area (TPSA) is 67.4 Å². The quantitative estimate of drug-likeness (QED) is 0.297. The monoisotopic (exact) mass is 398 g/mol. The molecule has 2 aliphatic heterocycles. The van der Waals surface area contributed by atoms with Crippen LogP contribution in [0.25, 0.3) is 0 Å². The Labute approximate surface area is 171 Å². The van der Waals surface area contributed by atoms with Crippen LogP contribution in [-0.4, -0.2) is 88.8 Å². The number of guanidine groups is 1. The van der Waals surface area contributed by atoms with Gasteiger partial charge in [0.25, 0.3) is 0 Å². The minimum absolute atomic E-state index is 0.288. The van der Waals surface area contributed by atoms with Gasteiger partial charge in [0, 0.05) is 38.8 Å². The molecule has 2 atom stereocenters. The van der Waals surface area contributed by atoms with Gasteiger partial charge in [-0.25, -0.2) is 0 Å². The molecule has 2 unspecified atom stereocenters. The number of aliphatic imine (C=N–C) groups is 1. The maximum Gasteiger partial charge on any atom is 0.191 e. The number of morpholine rings is 1. The SMILES string of the molecule is CCNC(=NCC(C(CC)CC)N1CCOCC1)NCCOCC1CCCO1. The summed E-state index contributed by atoms with van der Waals surface area (Å²) in [5, 5.41) is 6.77. The van der Waals surface area contributed by atoms with Crippen LogP contribution >= 0.6 is 0 Å². The van der Waals surface area contributed by atoms with E-state index in [1.807, 2.05) is 0 Å². The molecule has 0 aliphatic carbocycles. The van der Waals surface area contributed by atoms with Gasteiger partial charge in [0.15, 0.2) is 5.96 Å². The predicted molar refractivity (Wildman–Crippen MR) is 114 cm³/mol. The number of hydrogen-bond acceptors (Lipinski definition) is 5. The van der Waals surface area contributed by atoms with E-state index < -0.39 is 0 Å². The van der Waals surface area contributed by atoms with E-state index in [0.29, 0.717) is 25.2 Å². The molecule has 2 fully saturated rings. The minimum atomic E-state index is 0.288. The standard InChI is InChI=1S/C21H42N4O3/c1-4-18(5-2)20(25-10-14-26-15-11-25)16-24-21(22-6-3)23-9-13-27-17-19-8-7-12-28-19/h18-20H,4-17H2,1-3H3,(H2,22,23,24). The molecule has 28 heavy (non-hydrogen) atoms. The number of rotatable bonds is 12. The van der Waals surface area contributed by atoms with Crippen LogP contribution in [0, 0.1) is 5.92 Å². The maximum atomic E-state index is 5.75. The summed E-state index contributed by atoms with van der Waals surface area (Å²) in [6, 6.07) is 0.477. The highest BCUT2D eigenvalue weighted by Gasteiger charge is 2.26. The summed E-state index contributed by atoms with van der Waals surface area (Å²) in [5.74, 6) is 1.55. The summed E-state index contributed by atoms with van der Waals surface area (Å²) in [4.78, 5) is 7.48.